The van der Waals surface area contributed by atoms with Gasteiger partial charge in [0.15, 0.2) is 0 Å². The molecule has 0 aliphatic heterocycles. The highest BCUT2D eigenvalue weighted by atomic mass is 14.9. The molecule has 0 spiro atoms. The summed E-state index contributed by atoms with van der Waals surface area (Å²) in [6, 6.07) is 121. The van der Waals surface area contributed by atoms with E-state index in [1.165, 1.54) is 94.6 Å². The molecule has 2 heteroatoms. The molecule has 0 radical (unpaired) electrons. The summed E-state index contributed by atoms with van der Waals surface area (Å²) in [7, 11) is 0. The van der Waals surface area contributed by atoms with Gasteiger partial charge in [0, 0.05) is 11.1 Å². The lowest BCUT2D eigenvalue weighted by Crippen LogP contribution is -1.96. The number of rotatable bonds is 12. The predicted octanol–water partition coefficient (Wildman–Crippen LogP) is 37.2. The molecule has 0 saturated heterocycles. The van der Waals surface area contributed by atoms with Crippen LogP contribution in [0.4, 0.5) is 0 Å². The minimum Gasteiger partial charge on any atom is -0.233 e. The second-order valence-electron chi connectivity index (χ2n) is 21.9. The number of nitrogens with zero attached hydrogens (tertiary/aromatic N) is 2. The Hall–Kier alpha value is -11.1. The van der Waals surface area contributed by atoms with Crippen LogP contribution >= 0.6 is 0 Å². The highest BCUT2D eigenvalue weighted by molar-refractivity contribution is 5.88. The van der Waals surface area contributed by atoms with Crippen molar-refractivity contribution >= 4 is 0 Å². The lowest BCUT2D eigenvalue weighted by molar-refractivity contribution is 1.06. The largest absolute Gasteiger partial charge is 0.233 e. The Bertz CT molecular complexity index is 3770. The second-order valence-corrected chi connectivity index (χ2v) is 21.9. The van der Waals surface area contributed by atoms with Gasteiger partial charge in [-0.1, -0.05) is 449 Å². The fourth-order valence-electron chi connectivity index (χ4n) is 11.5. The molecule has 0 unspecified atom stereocenters. The molecule has 0 N–H and O–H groups in total. The molecule has 13 aromatic carbocycles. The van der Waals surface area contributed by atoms with Crippen LogP contribution in [0.25, 0.3) is 134 Å². The summed E-state index contributed by atoms with van der Waals surface area (Å²) in [4.78, 5) is 9.90. The first-order valence-electron chi connectivity index (χ1n) is 43.4. The second kappa shape index (κ2) is 66.5. The van der Waals surface area contributed by atoms with Gasteiger partial charge in [-0.05, 0) is 216 Å². The molecule has 1 heterocycles. The van der Waals surface area contributed by atoms with E-state index in [1.54, 1.807) is 0 Å². The lowest BCUT2D eigenvalue weighted by atomic mass is 9.89. The van der Waals surface area contributed by atoms with Crippen molar-refractivity contribution < 1.29 is 0 Å². The molecule has 0 aliphatic rings. The topological polar surface area (TPSA) is 25.8 Å². The van der Waals surface area contributed by atoms with E-state index in [-0.39, 0.29) is 0 Å². The summed E-state index contributed by atoms with van der Waals surface area (Å²) in [5, 5.41) is 0. The summed E-state index contributed by atoms with van der Waals surface area (Å²) in [5.41, 5.74) is 29.2. The molecule has 604 valence electrons. The van der Waals surface area contributed by atoms with Crippen molar-refractivity contribution in [1.82, 2.24) is 9.97 Å². The average Bonchev–Trinajstić information content (AvgIpc) is 0.788. The molecule has 0 bridgehead atoms. The molecule has 114 heavy (non-hydrogen) atoms. The van der Waals surface area contributed by atoms with Crippen molar-refractivity contribution in [3.8, 4) is 134 Å². The van der Waals surface area contributed by atoms with Gasteiger partial charge in [-0.3, -0.25) is 0 Å². The van der Waals surface area contributed by atoms with Crippen LogP contribution in [0.1, 0.15) is 205 Å². The van der Waals surface area contributed by atoms with Crippen LogP contribution in [0.15, 0.2) is 340 Å². The Morgan fingerprint density at radius 1 is 0.123 bits per heavy atom. The molecule has 0 atom stereocenters. The van der Waals surface area contributed by atoms with E-state index in [2.05, 4.69) is 347 Å². The smallest absolute Gasteiger partial charge is 0.126 e. The number of aryl methyl sites for hydroxylation is 2. The number of hydrogen-bond acceptors (Lipinski definition) is 2. The maximum Gasteiger partial charge on any atom is 0.126 e. The molecular weight excluding hydrogens is 1370 g/mol. The van der Waals surface area contributed by atoms with E-state index >= 15 is 0 Å². The van der Waals surface area contributed by atoms with Crippen LogP contribution in [0, 0.1) is 13.8 Å². The average molecular weight is 1520 g/mol. The number of aromatic nitrogens is 2. The van der Waals surface area contributed by atoms with E-state index in [1.807, 2.05) is 201 Å². The summed E-state index contributed by atoms with van der Waals surface area (Å²) in [6.45, 7) is 60.2. The normalized spacial score (nSPS) is 8.96. The van der Waals surface area contributed by atoms with Gasteiger partial charge in [-0.15, -0.1) is 0 Å². The standard InChI is InChI=1S/C43H32.C41H30N2.14C2H6/c1-31-22-36(42-27-38(32-14-6-2-7-15-32)25-39(28-42)33-16-8-3-9-17-33)24-37(23-31)43-29-40(34-18-10-4-11-19-34)26-41(30-43)35-20-12-5-13-21-35;1-29-42-40(38-24-34(30-14-6-2-7-15-30)22-35(25-38)31-16-8-3-9-17-31)28-41(43-29)39-26-36(32-18-10-4-11-19-32)23-37(27-39)33-20-12-5-13-21-33;14*1-2/h2-30H,1H3;2-28H,1H3;14*1-2H3. The Morgan fingerprint density at radius 3 is 0.377 bits per heavy atom. The van der Waals surface area contributed by atoms with Gasteiger partial charge in [0.05, 0.1) is 11.4 Å². The molecule has 1 aromatic heterocycles. The van der Waals surface area contributed by atoms with Crippen molar-refractivity contribution in [3.63, 3.8) is 0 Å². The third-order valence-electron chi connectivity index (χ3n) is 15.8. The van der Waals surface area contributed by atoms with Crippen molar-refractivity contribution in [2.45, 2.75) is 208 Å². The number of hydrogen-bond donors (Lipinski definition) is 0. The van der Waals surface area contributed by atoms with Gasteiger partial charge >= 0.3 is 0 Å². The highest BCUT2D eigenvalue weighted by Crippen LogP contribution is 2.40. The molecule has 14 rings (SSSR count). The zero-order chi connectivity index (χ0) is 86.0. The fraction of sp³-hybridized carbons (Fsp3) is 0.268. The monoisotopic (exact) mass is 1520 g/mol. The van der Waals surface area contributed by atoms with Crippen LogP contribution in [-0.2, 0) is 0 Å². The van der Waals surface area contributed by atoms with Gasteiger partial charge in [-0.2, -0.15) is 0 Å². The summed E-state index contributed by atoms with van der Waals surface area (Å²) < 4.78 is 0. The fourth-order valence-corrected chi connectivity index (χ4v) is 11.5. The summed E-state index contributed by atoms with van der Waals surface area (Å²) in [5.74, 6) is 0.741. The summed E-state index contributed by atoms with van der Waals surface area (Å²) in [6.07, 6.45) is 0. The highest BCUT2D eigenvalue weighted by Gasteiger charge is 2.16. The van der Waals surface area contributed by atoms with Crippen molar-refractivity contribution in [3.05, 3.63) is 351 Å². The summed E-state index contributed by atoms with van der Waals surface area (Å²) >= 11 is 0. The first-order chi connectivity index (χ1) is 56.4. The molecule has 0 amide bonds. The van der Waals surface area contributed by atoms with Crippen molar-refractivity contribution in [2.24, 2.45) is 0 Å². The predicted molar refractivity (Wildman–Crippen MR) is 522 cm³/mol. The zero-order valence-electron chi connectivity index (χ0n) is 76.2. The van der Waals surface area contributed by atoms with Crippen LogP contribution in [0.5, 0.6) is 0 Å². The maximum absolute atomic E-state index is 4.95. The van der Waals surface area contributed by atoms with Gasteiger partial charge in [-0.25, -0.2) is 9.97 Å². The zero-order valence-corrected chi connectivity index (χ0v) is 76.2. The molecular formula is C112H146N2. The van der Waals surface area contributed by atoms with Crippen LogP contribution < -0.4 is 0 Å². The lowest BCUT2D eigenvalue weighted by Gasteiger charge is -2.15. The quantitative estimate of drug-likeness (QED) is 0.122. The Morgan fingerprint density at radius 2 is 0.237 bits per heavy atom. The minimum atomic E-state index is 0.741. The van der Waals surface area contributed by atoms with Crippen molar-refractivity contribution in [1.29, 1.82) is 0 Å². The van der Waals surface area contributed by atoms with E-state index < -0.39 is 0 Å². The first kappa shape index (κ1) is 105. The van der Waals surface area contributed by atoms with Gasteiger partial charge in [0.2, 0.25) is 0 Å². The van der Waals surface area contributed by atoms with Gasteiger partial charge in [0.1, 0.15) is 5.82 Å². The Kier molecular flexibility index (Phi) is 61.3. The van der Waals surface area contributed by atoms with E-state index in [9.17, 15) is 0 Å². The molecule has 14 aromatic rings. The minimum absolute atomic E-state index is 0.741. The van der Waals surface area contributed by atoms with Gasteiger partial charge in [0.25, 0.3) is 0 Å². The first-order valence-corrected chi connectivity index (χ1v) is 43.4. The SMILES string of the molecule is CC.CC.CC.CC.CC.CC.CC.CC.CC.CC.CC.CC.CC.CC.Cc1cc(-c2cc(-c3ccccc3)cc(-c3ccccc3)c2)cc(-c2cc(-c3ccccc3)cc(-c3ccccc3)c2)c1.Cc1nc(-c2cc(-c3ccccc3)cc(-c3ccccc3)c2)cc(-c2cc(-c3ccccc3)cc(-c3ccccc3)c2)n1. The molecule has 0 aliphatic carbocycles. The third kappa shape index (κ3) is 33.7. The van der Waals surface area contributed by atoms with Gasteiger partial charge < -0.3 is 0 Å². The van der Waals surface area contributed by atoms with Crippen LogP contribution in [-0.4, -0.2) is 9.97 Å². The van der Waals surface area contributed by atoms with E-state index in [4.69, 9.17) is 9.97 Å². The van der Waals surface area contributed by atoms with Crippen LogP contribution in [0.3, 0.4) is 0 Å². The maximum atomic E-state index is 4.95. The number of benzene rings is 13. The third-order valence-corrected chi connectivity index (χ3v) is 15.8. The molecule has 2 nitrogen and oxygen atoms in total. The van der Waals surface area contributed by atoms with E-state index in [0.717, 1.165) is 50.6 Å². The van der Waals surface area contributed by atoms with E-state index in [0.29, 0.717) is 0 Å². The Labute approximate surface area is 698 Å². The Balaban J connectivity index is 0. The van der Waals surface area contributed by atoms with Crippen molar-refractivity contribution in [2.75, 3.05) is 0 Å². The molecule has 0 saturated carbocycles. The van der Waals surface area contributed by atoms with Crippen LogP contribution in [0.2, 0.25) is 0 Å². The molecule has 0 fully saturated rings.